The molecule has 0 unspecified atom stereocenters. The lowest BCUT2D eigenvalue weighted by Crippen LogP contribution is -2.01. The van der Waals surface area contributed by atoms with Crippen molar-refractivity contribution in [2.75, 3.05) is 0 Å². The first-order chi connectivity index (χ1) is 27.7. The van der Waals surface area contributed by atoms with Crippen molar-refractivity contribution in [3.8, 4) is 78.7 Å². The lowest BCUT2D eigenvalue weighted by Gasteiger charge is -2.14. The highest BCUT2D eigenvalue weighted by atomic mass is 15.0. The van der Waals surface area contributed by atoms with Crippen molar-refractivity contribution in [1.29, 1.82) is 0 Å². The van der Waals surface area contributed by atoms with Crippen molar-refractivity contribution < 1.29 is 0 Å². The van der Waals surface area contributed by atoms with Crippen LogP contribution in [0.3, 0.4) is 0 Å². The largest absolute Gasteiger partial charge is 0.256 e. The molecule has 0 saturated carbocycles. The predicted octanol–water partition coefficient (Wildman–Crippen LogP) is 12.6. The Bertz CT molecular complexity index is 2830. The van der Waals surface area contributed by atoms with Gasteiger partial charge in [-0.25, -0.2) is 15.0 Å². The van der Waals surface area contributed by atoms with Crippen LogP contribution in [0.5, 0.6) is 0 Å². The van der Waals surface area contributed by atoms with Crippen LogP contribution in [0.1, 0.15) is 0 Å². The van der Waals surface area contributed by atoms with Crippen LogP contribution in [0.25, 0.3) is 100 Å². The number of rotatable bonds is 7. The maximum atomic E-state index is 5.21. The van der Waals surface area contributed by atoms with E-state index >= 15 is 0 Å². The molecular formula is C51H33N5. The summed E-state index contributed by atoms with van der Waals surface area (Å²) in [6.45, 7) is 0. The molecule has 0 bridgehead atoms. The van der Waals surface area contributed by atoms with Gasteiger partial charge in [-0.05, 0) is 123 Å². The summed E-state index contributed by atoms with van der Waals surface area (Å²) in [6, 6.07) is 65.5. The Kier molecular flexibility index (Phi) is 8.43. The molecule has 0 N–H and O–H groups in total. The second kappa shape index (κ2) is 14.3. The molecule has 0 fully saturated rings. The van der Waals surface area contributed by atoms with Crippen LogP contribution in [-0.2, 0) is 0 Å². The van der Waals surface area contributed by atoms with Crippen LogP contribution in [0, 0.1) is 0 Å². The molecule has 7 aromatic carbocycles. The van der Waals surface area contributed by atoms with Crippen molar-refractivity contribution >= 4 is 21.8 Å². The van der Waals surface area contributed by atoms with E-state index in [0.29, 0.717) is 17.5 Å². The van der Waals surface area contributed by atoms with Gasteiger partial charge in [0.05, 0.1) is 11.0 Å². The third kappa shape index (κ3) is 6.59. The minimum atomic E-state index is 0.587. The lowest BCUT2D eigenvalue weighted by atomic mass is 9.92. The van der Waals surface area contributed by atoms with Gasteiger partial charge in [0.25, 0.3) is 0 Å². The fourth-order valence-corrected chi connectivity index (χ4v) is 7.30. The molecule has 0 aliphatic carbocycles. The van der Waals surface area contributed by atoms with Gasteiger partial charge in [0.15, 0.2) is 17.5 Å². The van der Waals surface area contributed by atoms with Crippen LogP contribution in [0.15, 0.2) is 200 Å². The summed E-state index contributed by atoms with van der Waals surface area (Å²) in [7, 11) is 0. The molecule has 56 heavy (non-hydrogen) atoms. The molecule has 0 atom stereocenters. The third-order valence-electron chi connectivity index (χ3n) is 10.2. The average Bonchev–Trinajstić information content (AvgIpc) is 3.29. The average molecular weight is 716 g/mol. The van der Waals surface area contributed by atoms with Crippen LogP contribution in [-0.4, -0.2) is 24.9 Å². The zero-order valence-electron chi connectivity index (χ0n) is 30.3. The van der Waals surface area contributed by atoms with E-state index in [0.717, 1.165) is 71.9 Å². The number of aromatic nitrogens is 5. The Labute approximate surface area is 324 Å². The van der Waals surface area contributed by atoms with Gasteiger partial charge in [0, 0.05) is 39.9 Å². The van der Waals surface area contributed by atoms with Crippen LogP contribution in [0.2, 0.25) is 0 Å². The molecule has 0 aliphatic rings. The third-order valence-corrected chi connectivity index (χ3v) is 10.2. The molecule has 0 radical (unpaired) electrons. The van der Waals surface area contributed by atoms with Crippen LogP contribution in [0.4, 0.5) is 0 Å². The predicted molar refractivity (Wildman–Crippen MR) is 228 cm³/mol. The second-order valence-electron chi connectivity index (χ2n) is 13.8. The first-order valence-electron chi connectivity index (χ1n) is 18.6. The van der Waals surface area contributed by atoms with Gasteiger partial charge in [-0.15, -0.1) is 0 Å². The summed E-state index contributed by atoms with van der Waals surface area (Å²) in [5, 5.41) is 2.04. The van der Waals surface area contributed by atoms with E-state index in [9.17, 15) is 0 Å². The van der Waals surface area contributed by atoms with Gasteiger partial charge < -0.3 is 0 Å². The van der Waals surface area contributed by atoms with Gasteiger partial charge in [0.1, 0.15) is 0 Å². The van der Waals surface area contributed by atoms with Gasteiger partial charge >= 0.3 is 0 Å². The van der Waals surface area contributed by atoms with Crippen molar-refractivity contribution in [3.63, 3.8) is 0 Å². The van der Waals surface area contributed by atoms with E-state index in [1.165, 1.54) is 11.1 Å². The Hall–Kier alpha value is -7.63. The SMILES string of the molecule is c1ccc(-c2cccc(-c3cc(-c4cccc(-c5ccccc5)c4)cc(-c4nc(-c5ccc6ncccc6c5)nc(-c5ccc6ncccc6c5)n4)c3)c2)cc1. The Morgan fingerprint density at radius 2 is 0.607 bits per heavy atom. The van der Waals surface area contributed by atoms with Crippen LogP contribution < -0.4 is 0 Å². The summed E-state index contributed by atoms with van der Waals surface area (Å²) >= 11 is 0. The minimum Gasteiger partial charge on any atom is -0.256 e. The van der Waals surface area contributed by atoms with E-state index in [4.69, 9.17) is 15.0 Å². The Morgan fingerprint density at radius 3 is 1.07 bits per heavy atom. The van der Waals surface area contributed by atoms with E-state index in [1.807, 2.05) is 60.9 Å². The maximum Gasteiger partial charge on any atom is 0.164 e. The molecule has 0 saturated heterocycles. The summed E-state index contributed by atoms with van der Waals surface area (Å²) in [6.07, 6.45) is 3.62. The standard InChI is InChI=1S/C51H33N5/c1-3-11-34(12-4-1)36-15-7-17-38(27-36)44-31-45(39-18-8-16-37(28-39)35-13-5-2-6-14-35)33-46(32-44)51-55-49(42-21-23-47-40(29-42)19-9-25-52-47)54-50(56-51)43-22-24-48-41(30-43)20-10-26-53-48/h1-33H. The van der Waals surface area contributed by atoms with E-state index in [2.05, 4.69) is 149 Å². The molecule has 3 aromatic heterocycles. The normalized spacial score (nSPS) is 11.2. The van der Waals surface area contributed by atoms with Crippen molar-refractivity contribution in [3.05, 3.63) is 200 Å². The number of benzene rings is 7. The molecule has 0 aliphatic heterocycles. The number of pyridine rings is 2. The molecule has 5 heteroatoms. The van der Waals surface area contributed by atoms with Gasteiger partial charge in [-0.1, -0.05) is 109 Å². The fourth-order valence-electron chi connectivity index (χ4n) is 7.30. The highest BCUT2D eigenvalue weighted by molar-refractivity contribution is 5.87. The van der Waals surface area contributed by atoms with Gasteiger partial charge in [-0.3, -0.25) is 9.97 Å². The zero-order chi connectivity index (χ0) is 37.3. The molecule has 10 aromatic rings. The Balaban J connectivity index is 1.19. The number of hydrogen-bond donors (Lipinski definition) is 0. The quantitative estimate of drug-likeness (QED) is 0.164. The minimum absolute atomic E-state index is 0.587. The summed E-state index contributed by atoms with van der Waals surface area (Å²) < 4.78 is 0. The van der Waals surface area contributed by atoms with E-state index < -0.39 is 0 Å². The van der Waals surface area contributed by atoms with Crippen LogP contribution >= 0.6 is 0 Å². The van der Waals surface area contributed by atoms with Gasteiger partial charge in [-0.2, -0.15) is 0 Å². The topological polar surface area (TPSA) is 64.5 Å². The first kappa shape index (κ1) is 33.0. The van der Waals surface area contributed by atoms with Crippen molar-refractivity contribution in [1.82, 2.24) is 24.9 Å². The molecular weight excluding hydrogens is 683 g/mol. The molecule has 0 amide bonds. The first-order valence-corrected chi connectivity index (χ1v) is 18.6. The molecule has 3 heterocycles. The summed E-state index contributed by atoms with van der Waals surface area (Å²) in [5.41, 5.74) is 13.5. The fraction of sp³-hybridized carbons (Fsp3) is 0. The number of nitrogens with zero attached hydrogens (tertiary/aromatic N) is 5. The zero-order valence-corrected chi connectivity index (χ0v) is 30.3. The molecule has 5 nitrogen and oxygen atoms in total. The summed E-state index contributed by atoms with van der Waals surface area (Å²) in [4.78, 5) is 24.6. The maximum absolute atomic E-state index is 5.21. The number of fused-ring (bicyclic) bond motifs is 2. The summed E-state index contributed by atoms with van der Waals surface area (Å²) in [5.74, 6) is 1.77. The van der Waals surface area contributed by atoms with Crippen molar-refractivity contribution in [2.24, 2.45) is 0 Å². The van der Waals surface area contributed by atoms with Crippen molar-refractivity contribution in [2.45, 2.75) is 0 Å². The second-order valence-corrected chi connectivity index (χ2v) is 13.8. The monoisotopic (exact) mass is 715 g/mol. The lowest BCUT2D eigenvalue weighted by molar-refractivity contribution is 1.07. The highest BCUT2D eigenvalue weighted by Gasteiger charge is 2.16. The Morgan fingerprint density at radius 1 is 0.232 bits per heavy atom. The molecule has 10 rings (SSSR count). The molecule has 262 valence electrons. The van der Waals surface area contributed by atoms with Gasteiger partial charge in [0.2, 0.25) is 0 Å². The molecule has 0 spiro atoms. The number of hydrogen-bond acceptors (Lipinski definition) is 5. The highest BCUT2D eigenvalue weighted by Crippen LogP contribution is 2.36. The van der Waals surface area contributed by atoms with E-state index in [-0.39, 0.29) is 0 Å². The smallest absolute Gasteiger partial charge is 0.164 e. The van der Waals surface area contributed by atoms with E-state index in [1.54, 1.807) is 0 Å².